The van der Waals surface area contributed by atoms with Crippen LogP contribution in [0.5, 0.6) is 0 Å². The molecule has 2 aromatic rings. The lowest BCUT2D eigenvalue weighted by Crippen LogP contribution is -2.45. The van der Waals surface area contributed by atoms with E-state index in [9.17, 15) is 9.59 Å². The van der Waals surface area contributed by atoms with Crippen molar-refractivity contribution in [1.82, 2.24) is 4.90 Å². The molecule has 148 valence electrons. The number of nitrogens with zero attached hydrogens (tertiary/aromatic N) is 2. The average molecular weight is 399 g/mol. The molecule has 1 aliphatic heterocycles. The van der Waals surface area contributed by atoms with Gasteiger partial charge < -0.3 is 9.80 Å². The fraction of sp³-hybridized carbons (Fsp3) is 0.391. The molecule has 0 saturated carbocycles. The first-order chi connectivity index (χ1) is 13.4. The molecule has 0 spiro atoms. The number of carbonyl (C=O) groups excluding carboxylic acids is 2. The van der Waals surface area contributed by atoms with E-state index >= 15 is 0 Å². The number of hydrogen-bond acceptors (Lipinski definition) is 2. The highest BCUT2D eigenvalue weighted by Gasteiger charge is 2.26. The summed E-state index contributed by atoms with van der Waals surface area (Å²) in [5.41, 5.74) is 2.98. The Balaban J connectivity index is 1.59. The largest absolute Gasteiger partial charge is 0.341 e. The van der Waals surface area contributed by atoms with Crippen LogP contribution < -0.4 is 4.90 Å². The molecule has 0 aromatic heterocycles. The van der Waals surface area contributed by atoms with Crippen LogP contribution in [0.15, 0.2) is 48.5 Å². The van der Waals surface area contributed by atoms with Gasteiger partial charge in [0.1, 0.15) is 6.54 Å². The standard InChI is InChI=1S/C23H27ClN2O2/c1-17-8-9-21(24)15-22(17)26(18(2)27)16-23(28)25-12-10-20(11-13-25)14-19-6-4-3-5-7-19/h3-9,15,20H,10-14,16H2,1-2H3. The molecule has 0 unspecified atom stereocenters. The maximum Gasteiger partial charge on any atom is 0.242 e. The Morgan fingerprint density at radius 3 is 2.43 bits per heavy atom. The number of carbonyl (C=O) groups is 2. The molecule has 3 rings (SSSR count). The van der Waals surface area contributed by atoms with E-state index in [0.29, 0.717) is 16.6 Å². The molecule has 0 aliphatic carbocycles. The van der Waals surface area contributed by atoms with Gasteiger partial charge in [-0.3, -0.25) is 9.59 Å². The molecule has 2 aromatic carbocycles. The molecule has 5 heteroatoms. The number of rotatable bonds is 5. The molecule has 0 radical (unpaired) electrons. The molecule has 4 nitrogen and oxygen atoms in total. The number of hydrogen-bond donors (Lipinski definition) is 0. The first-order valence-electron chi connectivity index (χ1n) is 9.80. The van der Waals surface area contributed by atoms with E-state index in [-0.39, 0.29) is 18.4 Å². The minimum absolute atomic E-state index is 0.00673. The van der Waals surface area contributed by atoms with Crippen LogP contribution in [0, 0.1) is 12.8 Å². The zero-order valence-corrected chi connectivity index (χ0v) is 17.3. The highest BCUT2D eigenvalue weighted by molar-refractivity contribution is 6.31. The number of anilines is 1. The van der Waals surface area contributed by atoms with Crippen molar-refractivity contribution >= 4 is 29.1 Å². The molecular formula is C23H27ClN2O2. The third kappa shape index (κ3) is 5.14. The smallest absolute Gasteiger partial charge is 0.242 e. The van der Waals surface area contributed by atoms with Gasteiger partial charge >= 0.3 is 0 Å². The zero-order valence-electron chi connectivity index (χ0n) is 16.5. The lowest BCUT2D eigenvalue weighted by molar-refractivity contribution is -0.132. The Hall–Kier alpha value is -2.33. The topological polar surface area (TPSA) is 40.6 Å². The molecule has 0 bridgehead atoms. The van der Waals surface area contributed by atoms with Gasteiger partial charge in [0.05, 0.1) is 0 Å². The molecule has 0 N–H and O–H groups in total. The molecule has 1 fully saturated rings. The Labute approximate surface area is 172 Å². The summed E-state index contributed by atoms with van der Waals surface area (Å²) < 4.78 is 0. The molecule has 1 heterocycles. The van der Waals surface area contributed by atoms with E-state index in [1.54, 1.807) is 12.1 Å². The zero-order chi connectivity index (χ0) is 20.1. The lowest BCUT2D eigenvalue weighted by atomic mass is 9.90. The molecule has 1 aliphatic rings. The Morgan fingerprint density at radius 2 is 1.79 bits per heavy atom. The number of aryl methyl sites for hydroxylation is 1. The Bertz CT molecular complexity index is 830. The van der Waals surface area contributed by atoms with Crippen LogP contribution in [-0.2, 0) is 16.0 Å². The van der Waals surface area contributed by atoms with E-state index in [4.69, 9.17) is 11.6 Å². The fourth-order valence-electron chi connectivity index (χ4n) is 3.81. The third-order valence-electron chi connectivity index (χ3n) is 5.47. The van der Waals surface area contributed by atoms with Crippen LogP contribution in [0.4, 0.5) is 5.69 Å². The van der Waals surface area contributed by atoms with Gasteiger partial charge in [-0.05, 0) is 55.4 Å². The number of benzene rings is 2. The lowest BCUT2D eigenvalue weighted by Gasteiger charge is -2.34. The second-order valence-electron chi connectivity index (χ2n) is 7.55. The number of likely N-dealkylation sites (tertiary alicyclic amines) is 1. The summed E-state index contributed by atoms with van der Waals surface area (Å²) in [5, 5.41) is 0.557. The summed E-state index contributed by atoms with van der Waals surface area (Å²) in [5.74, 6) is 0.441. The minimum Gasteiger partial charge on any atom is -0.341 e. The number of amides is 2. The summed E-state index contributed by atoms with van der Waals surface area (Å²) in [7, 11) is 0. The second-order valence-corrected chi connectivity index (χ2v) is 7.99. The summed E-state index contributed by atoms with van der Waals surface area (Å²) >= 11 is 6.10. The summed E-state index contributed by atoms with van der Waals surface area (Å²) in [6.45, 7) is 4.95. The van der Waals surface area contributed by atoms with Crippen LogP contribution >= 0.6 is 11.6 Å². The molecule has 2 amide bonds. The van der Waals surface area contributed by atoms with E-state index in [0.717, 1.165) is 37.9 Å². The first-order valence-corrected chi connectivity index (χ1v) is 10.2. The summed E-state index contributed by atoms with van der Waals surface area (Å²) in [6, 6.07) is 15.9. The van der Waals surface area contributed by atoms with Crippen molar-refractivity contribution in [1.29, 1.82) is 0 Å². The maximum absolute atomic E-state index is 12.8. The molecular weight excluding hydrogens is 372 g/mol. The van der Waals surface area contributed by atoms with Gasteiger partial charge in [-0.25, -0.2) is 0 Å². The highest BCUT2D eigenvalue weighted by Crippen LogP contribution is 2.26. The van der Waals surface area contributed by atoms with Crippen LogP contribution in [-0.4, -0.2) is 36.3 Å². The van der Waals surface area contributed by atoms with Crippen LogP contribution in [0.25, 0.3) is 0 Å². The molecule has 28 heavy (non-hydrogen) atoms. The van der Waals surface area contributed by atoms with Gasteiger partial charge in [-0.1, -0.05) is 48.0 Å². The van der Waals surface area contributed by atoms with Crippen LogP contribution in [0.1, 0.15) is 30.9 Å². The van der Waals surface area contributed by atoms with Gasteiger partial charge in [0.2, 0.25) is 11.8 Å². The predicted molar refractivity (Wildman–Crippen MR) is 114 cm³/mol. The fourth-order valence-corrected chi connectivity index (χ4v) is 3.97. The third-order valence-corrected chi connectivity index (χ3v) is 5.70. The van der Waals surface area contributed by atoms with Gasteiger partial charge in [-0.2, -0.15) is 0 Å². The van der Waals surface area contributed by atoms with Gasteiger partial charge in [-0.15, -0.1) is 0 Å². The number of halogens is 1. The van der Waals surface area contributed by atoms with Crippen LogP contribution in [0.2, 0.25) is 5.02 Å². The summed E-state index contributed by atoms with van der Waals surface area (Å²) in [4.78, 5) is 28.5. The van der Waals surface area contributed by atoms with E-state index in [1.165, 1.54) is 17.4 Å². The van der Waals surface area contributed by atoms with Crippen molar-refractivity contribution in [3.05, 3.63) is 64.7 Å². The molecule has 0 atom stereocenters. The normalized spacial score (nSPS) is 14.8. The number of piperidine rings is 1. The monoisotopic (exact) mass is 398 g/mol. The van der Waals surface area contributed by atoms with Crippen molar-refractivity contribution < 1.29 is 9.59 Å². The first kappa shape index (κ1) is 20.4. The van der Waals surface area contributed by atoms with Crippen molar-refractivity contribution in [3.63, 3.8) is 0 Å². The minimum atomic E-state index is -0.155. The van der Waals surface area contributed by atoms with Gasteiger partial charge in [0.25, 0.3) is 0 Å². The highest BCUT2D eigenvalue weighted by atomic mass is 35.5. The van der Waals surface area contributed by atoms with E-state index in [2.05, 4.69) is 24.3 Å². The summed E-state index contributed by atoms with van der Waals surface area (Å²) in [6.07, 6.45) is 3.05. The van der Waals surface area contributed by atoms with E-state index in [1.807, 2.05) is 24.0 Å². The van der Waals surface area contributed by atoms with Crippen molar-refractivity contribution in [2.24, 2.45) is 5.92 Å². The Morgan fingerprint density at radius 1 is 1.11 bits per heavy atom. The quantitative estimate of drug-likeness (QED) is 0.744. The Kier molecular flexibility index (Phi) is 6.74. The van der Waals surface area contributed by atoms with Gasteiger partial charge in [0, 0.05) is 30.7 Å². The predicted octanol–water partition coefficient (Wildman–Crippen LogP) is 4.48. The SMILES string of the molecule is CC(=O)N(CC(=O)N1CCC(Cc2ccccc2)CC1)c1cc(Cl)ccc1C. The van der Waals surface area contributed by atoms with E-state index < -0.39 is 0 Å². The van der Waals surface area contributed by atoms with Crippen LogP contribution in [0.3, 0.4) is 0 Å². The van der Waals surface area contributed by atoms with Crippen molar-refractivity contribution in [2.75, 3.05) is 24.5 Å². The van der Waals surface area contributed by atoms with Crippen molar-refractivity contribution in [2.45, 2.75) is 33.1 Å². The second kappa shape index (κ2) is 9.24. The average Bonchev–Trinajstić information content (AvgIpc) is 2.69. The maximum atomic E-state index is 12.8. The van der Waals surface area contributed by atoms with Gasteiger partial charge in [0.15, 0.2) is 0 Å². The molecule has 1 saturated heterocycles. The van der Waals surface area contributed by atoms with Crippen molar-refractivity contribution in [3.8, 4) is 0 Å².